The topological polar surface area (TPSA) is 77.8 Å². The highest BCUT2D eigenvalue weighted by Crippen LogP contribution is 2.41. The van der Waals surface area contributed by atoms with E-state index in [9.17, 15) is 0 Å². The van der Waals surface area contributed by atoms with Crippen molar-refractivity contribution < 1.29 is 4.52 Å². The molecule has 0 aliphatic heterocycles. The lowest BCUT2D eigenvalue weighted by atomic mass is 10.3. The number of rotatable bonds is 2. The van der Waals surface area contributed by atoms with Gasteiger partial charge in [0.2, 0.25) is 5.13 Å². The molecule has 1 fully saturated rings. The molecule has 6 heteroatoms. The molecule has 0 spiro atoms. The average Bonchev–Trinajstić information content (AvgIpc) is 2.76. The largest absolute Gasteiger partial charge is 0.374 e. The zero-order valence-corrected chi connectivity index (χ0v) is 8.12. The molecule has 1 aliphatic rings. The van der Waals surface area contributed by atoms with Gasteiger partial charge in [-0.1, -0.05) is 16.5 Å². The molecule has 0 saturated heterocycles. The quantitative estimate of drug-likeness (QED) is 0.811. The van der Waals surface area contributed by atoms with E-state index < -0.39 is 0 Å². The molecule has 2 N–H and O–H groups in total. The van der Waals surface area contributed by atoms with Crippen LogP contribution in [-0.4, -0.2) is 15.4 Å². The Morgan fingerprint density at radius 2 is 2.29 bits per heavy atom. The van der Waals surface area contributed by atoms with Gasteiger partial charge in [-0.3, -0.25) is 0 Å². The summed E-state index contributed by atoms with van der Waals surface area (Å²) in [6.07, 6.45) is 2.40. The number of anilines is 1. The Hall–Kier alpha value is -1.43. The van der Waals surface area contributed by atoms with Crippen LogP contribution in [0.5, 0.6) is 0 Å². The maximum atomic E-state index is 5.48. The van der Waals surface area contributed by atoms with E-state index in [0.717, 1.165) is 16.5 Å². The Labute approximate surface area is 83.9 Å². The SMILES string of the molecule is Nc1nnc(-c2cc(C3CC3)on2)s1. The van der Waals surface area contributed by atoms with E-state index in [2.05, 4.69) is 15.4 Å². The second-order valence-electron chi connectivity index (χ2n) is 3.33. The van der Waals surface area contributed by atoms with Crippen LogP contribution >= 0.6 is 11.3 Å². The predicted octanol–water partition coefficient (Wildman–Crippen LogP) is 1.65. The number of nitrogen functional groups attached to an aromatic ring is 1. The van der Waals surface area contributed by atoms with Gasteiger partial charge in [-0.05, 0) is 12.8 Å². The summed E-state index contributed by atoms with van der Waals surface area (Å²) >= 11 is 1.32. The van der Waals surface area contributed by atoms with E-state index in [1.54, 1.807) is 0 Å². The second kappa shape index (κ2) is 2.78. The molecule has 2 aromatic heterocycles. The molecule has 0 aromatic carbocycles. The normalized spacial score (nSPS) is 16.0. The third kappa shape index (κ3) is 1.27. The summed E-state index contributed by atoms with van der Waals surface area (Å²) < 4.78 is 5.20. The molecule has 72 valence electrons. The summed E-state index contributed by atoms with van der Waals surface area (Å²) in [5, 5.41) is 12.7. The van der Waals surface area contributed by atoms with E-state index in [1.807, 2.05) is 6.07 Å². The molecule has 0 amide bonds. The monoisotopic (exact) mass is 208 g/mol. The fourth-order valence-corrected chi connectivity index (χ4v) is 1.85. The number of nitrogens with zero attached hydrogens (tertiary/aromatic N) is 3. The molecule has 5 nitrogen and oxygen atoms in total. The summed E-state index contributed by atoms with van der Waals surface area (Å²) in [6, 6.07) is 1.93. The van der Waals surface area contributed by atoms with Gasteiger partial charge in [-0.2, -0.15) is 0 Å². The maximum Gasteiger partial charge on any atom is 0.203 e. The third-order valence-corrected chi connectivity index (χ3v) is 2.94. The molecular formula is C8H8N4OS. The molecule has 1 aliphatic carbocycles. The van der Waals surface area contributed by atoms with Crippen LogP contribution in [-0.2, 0) is 0 Å². The first kappa shape index (κ1) is 7.93. The van der Waals surface area contributed by atoms with Crippen molar-refractivity contribution in [1.29, 1.82) is 0 Å². The van der Waals surface area contributed by atoms with E-state index in [-0.39, 0.29) is 0 Å². The smallest absolute Gasteiger partial charge is 0.203 e. The first-order valence-corrected chi connectivity index (χ1v) is 5.20. The minimum atomic E-state index is 0.455. The molecule has 3 rings (SSSR count). The van der Waals surface area contributed by atoms with Crippen LogP contribution in [0.2, 0.25) is 0 Å². The lowest BCUT2D eigenvalue weighted by molar-refractivity contribution is 0.386. The maximum absolute atomic E-state index is 5.48. The van der Waals surface area contributed by atoms with Gasteiger partial charge in [-0.15, -0.1) is 10.2 Å². The van der Waals surface area contributed by atoms with Crippen LogP contribution in [0.3, 0.4) is 0 Å². The van der Waals surface area contributed by atoms with Crippen molar-refractivity contribution in [2.75, 3.05) is 5.73 Å². The lowest BCUT2D eigenvalue weighted by Gasteiger charge is -1.81. The van der Waals surface area contributed by atoms with Crippen molar-refractivity contribution in [3.8, 4) is 10.7 Å². The Kier molecular flexibility index (Phi) is 1.57. The third-order valence-electron chi connectivity index (χ3n) is 2.17. The average molecular weight is 208 g/mol. The standard InChI is InChI=1S/C8H8N4OS/c9-8-11-10-7(14-8)5-3-6(13-12-5)4-1-2-4/h3-4H,1-2H2,(H2,9,11). The summed E-state index contributed by atoms with van der Waals surface area (Å²) in [7, 11) is 0. The highest BCUT2D eigenvalue weighted by molar-refractivity contribution is 7.18. The molecule has 2 heterocycles. The van der Waals surface area contributed by atoms with Gasteiger partial charge in [0.25, 0.3) is 0 Å². The molecule has 0 radical (unpaired) electrons. The minimum absolute atomic E-state index is 0.455. The summed E-state index contributed by atoms with van der Waals surface area (Å²) in [5.74, 6) is 1.52. The second-order valence-corrected chi connectivity index (χ2v) is 4.34. The van der Waals surface area contributed by atoms with Crippen molar-refractivity contribution in [3.63, 3.8) is 0 Å². The van der Waals surface area contributed by atoms with Crippen LogP contribution in [0.15, 0.2) is 10.6 Å². The molecule has 0 unspecified atom stereocenters. The Morgan fingerprint density at radius 1 is 1.43 bits per heavy atom. The van der Waals surface area contributed by atoms with Gasteiger partial charge in [-0.25, -0.2) is 0 Å². The zero-order chi connectivity index (χ0) is 9.54. The number of nitrogens with two attached hydrogens (primary N) is 1. The van der Waals surface area contributed by atoms with Crippen molar-refractivity contribution in [2.24, 2.45) is 0 Å². The first-order chi connectivity index (χ1) is 6.83. The fourth-order valence-electron chi connectivity index (χ4n) is 1.29. The molecule has 14 heavy (non-hydrogen) atoms. The van der Waals surface area contributed by atoms with Crippen LogP contribution in [0.1, 0.15) is 24.5 Å². The molecule has 2 aromatic rings. The lowest BCUT2D eigenvalue weighted by Crippen LogP contribution is -1.80. The number of aromatic nitrogens is 3. The van der Waals surface area contributed by atoms with Gasteiger partial charge >= 0.3 is 0 Å². The van der Waals surface area contributed by atoms with Crippen molar-refractivity contribution in [3.05, 3.63) is 11.8 Å². The van der Waals surface area contributed by atoms with Crippen LogP contribution in [0.4, 0.5) is 5.13 Å². The Balaban J connectivity index is 1.95. The fraction of sp³-hybridized carbons (Fsp3) is 0.375. The molecule has 1 saturated carbocycles. The number of hydrogen-bond acceptors (Lipinski definition) is 6. The number of hydrogen-bond donors (Lipinski definition) is 1. The van der Waals surface area contributed by atoms with Crippen LogP contribution in [0, 0.1) is 0 Å². The van der Waals surface area contributed by atoms with E-state index in [0.29, 0.717) is 11.0 Å². The van der Waals surface area contributed by atoms with E-state index >= 15 is 0 Å². The van der Waals surface area contributed by atoms with Crippen LogP contribution < -0.4 is 5.73 Å². The molecular weight excluding hydrogens is 200 g/mol. The van der Waals surface area contributed by atoms with Crippen molar-refractivity contribution in [1.82, 2.24) is 15.4 Å². The van der Waals surface area contributed by atoms with Gasteiger partial charge in [0.1, 0.15) is 11.5 Å². The van der Waals surface area contributed by atoms with Gasteiger partial charge in [0.15, 0.2) is 5.01 Å². The van der Waals surface area contributed by atoms with Gasteiger partial charge in [0.05, 0.1) is 0 Å². The Morgan fingerprint density at radius 3 is 2.93 bits per heavy atom. The minimum Gasteiger partial charge on any atom is -0.374 e. The van der Waals surface area contributed by atoms with Crippen molar-refractivity contribution in [2.45, 2.75) is 18.8 Å². The Bertz CT molecular complexity index is 459. The molecule has 0 bridgehead atoms. The molecule has 0 atom stereocenters. The van der Waals surface area contributed by atoms with Crippen molar-refractivity contribution >= 4 is 16.5 Å². The van der Waals surface area contributed by atoms with Gasteiger partial charge in [0, 0.05) is 12.0 Å². The first-order valence-electron chi connectivity index (χ1n) is 4.39. The van der Waals surface area contributed by atoms with Crippen LogP contribution in [0.25, 0.3) is 10.7 Å². The summed E-state index contributed by atoms with van der Waals surface area (Å²) in [4.78, 5) is 0. The summed E-state index contributed by atoms with van der Waals surface area (Å²) in [5.41, 5.74) is 6.22. The van der Waals surface area contributed by atoms with E-state index in [1.165, 1.54) is 24.2 Å². The summed E-state index contributed by atoms with van der Waals surface area (Å²) in [6.45, 7) is 0. The highest BCUT2D eigenvalue weighted by Gasteiger charge is 2.28. The van der Waals surface area contributed by atoms with Gasteiger partial charge < -0.3 is 10.3 Å². The zero-order valence-electron chi connectivity index (χ0n) is 7.30. The predicted molar refractivity (Wildman–Crippen MR) is 51.8 cm³/mol. The highest BCUT2D eigenvalue weighted by atomic mass is 32.1. The van der Waals surface area contributed by atoms with E-state index in [4.69, 9.17) is 10.3 Å².